The zero-order valence-corrected chi connectivity index (χ0v) is 18.0. The number of carbonyl (C=O) groups is 3. The van der Waals surface area contributed by atoms with Gasteiger partial charge in [0, 0.05) is 0 Å². The summed E-state index contributed by atoms with van der Waals surface area (Å²) in [5.41, 5.74) is 1.09. The molecule has 0 bridgehead atoms. The highest BCUT2D eigenvalue weighted by molar-refractivity contribution is 6.32. The number of urea groups is 1. The number of methoxy groups -OCH3 is 1. The van der Waals surface area contributed by atoms with Gasteiger partial charge in [-0.2, -0.15) is 0 Å². The fourth-order valence-electron chi connectivity index (χ4n) is 2.92. The molecule has 4 amide bonds. The predicted molar refractivity (Wildman–Crippen MR) is 117 cm³/mol. The van der Waals surface area contributed by atoms with Gasteiger partial charge in [0.25, 0.3) is 5.91 Å². The maximum atomic E-state index is 12.6. The van der Waals surface area contributed by atoms with E-state index in [0.717, 1.165) is 4.90 Å². The first-order valence-corrected chi connectivity index (χ1v) is 9.90. The summed E-state index contributed by atoms with van der Waals surface area (Å²) in [5.74, 6) is -0.156. The second-order valence-electron chi connectivity index (χ2n) is 6.98. The minimum Gasteiger partial charge on any atom is -0.495 e. The van der Waals surface area contributed by atoms with Crippen molar-refractivity contribution in [3.8, 4) is 11.5 Å². The summed E-state index contributed by atoms with van der Waals surface area (Å²) in [6.45, 7) is 3.33. The van der Waals surface area contributed by atoms with Gasteiger partial charge in [-0.05, 0) is 49.8 Å². The first-order valence-electron chi connectivity index (χ1n) is 9.52. The fraction of sp³-hybridized carbons (Fsp3) is 0.227. The Morgan fingerprint density at radius 3 is 2.61 bits per heavy atom. The first-order chi connectivity index (χ1) is 14.8. The van der Waals surface area contributed by atoms with E-state index in [1.54, 1.807) is 42.5 Å². The van der Waals surface area contributed by atoms with Crippen LogP contribution in [0.15, 0.2) is 48.2 Å². The van der Waals surface area contributed by atoms with Gasteiger partial charge < -0.3 is 20.1 Å². The van der Waals surface area contributed by atoms with Crippen LogP contribution in [0.25, 0.3) is 6.08 Å². The van der Waals surface area contributed by atoms with Gasteiger partial charge in [-0.1, -0.05) is 29.8 Å². The number of halogens is 1. The Morgan fingerprint density at radius 1 is 1.19 bits per heavy atom. The molecule has 1 aliphatic heterocycles. The zero-order valence-electron chi connectivity index (χ0n) is 17.3. The van der Waals surface area contributed by atoms with E-state index >= 15 is 0 Å². The second-order valence-corrected chi connectivity index (χ2v) is 7.39. The van der Waals surface area contributed by atoms with Crippen LogP contribution in [0.1, 0.15) is 19.4 Å². The Morgan fingerprint density at radius 2 is 1.94 bits per heavy atom. The molecular weight excluding hydrogens is 422 g/mol. The summed E-state index contributed by atoms with van der Waals surface area (Å²) in [5, 5.41) is 5.50. The van der Waals surface area contributed by atoms with Crippen molar-refractivity contribution in [1.82, 2.24) is 10.2 Å². The minimum atomic E-state index is -0.683. The molecule has 0 saturated carbocycles. The van der Waals surface area contributed by atoms with Gasteiger partial charge in [-0.15, -0.1) is 0 Å². The molecular formula is C22H22ClN3O5. The number of ether oxygens (including phenoxy) is 2. The molecule has 0 atom stereocenters. The Labute approximate surface area is 184 Å². The summed E-state index contributed by atoms with van der Waals surface area (Å²) in [6.07, 6.45) is 1.46. The third-order valence-electron chi connectivity index (χ3n) is 4.27. The number of anilines is 1. The van der Waals surface area contributed by atoms with Crippen LogP contribution in [0.4, 0.5) is 10.5 Å². The molecule has 2 N–H and O–H groups in total. The molecule has 1 heterocycles. The Bertz CT molecular complexity index is 1050. The van der Waals surface area contributed by atoms with Gasteiger partial charge in [0.05, 0.1) is 23.9 Å². The normalized spacial score (nSPS) is 14.7. The quantitative estimate of drug-likeness (QED) is 0.502. The monoisotopic (exact) mass is 443 g/mol. The van der Waals surface area contributed by atoms with E-state index in [0.29, 0.717) is 27.8 Å². The van der Waals surface area contributed by atoms with Crippen molar-refractivity contribution in [2.75, 3.05) is 19.0 Å². The lowest BCUT2D eigenvalue weighted by atomic mass is 10.2. The summed E-state index contributed by atoms with van der Waals surface area (Å²) in [4.78, 5) is 38.1. The molecule has 8 nitrogen and oxygen atoms in total. The van der Waals surface area contributed by atoms with Gasteiger partial charge in [0.2, 0.25) is 5.91 Å². The maximum Gasteiger partial charge on any atom is 0.329 e. The number of carbonyl (C=O) groups excluding carboxylic acids is 3. The molecule has 9 heteroatoms. The number of para-hydroxylation sites is 2. The number of benzene rings is 2. The molecule has 0 spiro atoms. The third kappa shape index (κ3) is 5.35. The van der Waals surface area contributed by atoms with E-state index < -0.39 is 24.4 Å². The van der Waals surface area contributed by atoms with Crippen LogP contribution < -0.4 is 20.1 Å². The zero-order chi connectivity index (χ0) is 22.5. The van der Waals surface area contributed by atoms with Crippen molar-refractivity contribution in [2.45, 2.75) is 20.0 Å². The Balaban J connectivity index is 1.70. The lowest BCUT2D eigenvalue weighted by molar-refractivity contribution is -0.127. The van der Waals surface area contributed by atoms with Crippen molar-refractivity contribution in [1.29, 1.82) is 0 Å². The maximum absolute atomic E-state index is 12.6. The molecule has 2 aromatic carbocycles. The van der Waals surface area contributed by atoms with Crippen LogP contribution in [0.3, 0.4) is 0 Å². The van der Waals surface area contributed by atoms with Crippen LogP contribution in [-0.4, -0.2) is 42.5 Å². The molecule has 1 aliphatic rings. The number of hydrogen-bond donors (Lipinski definition) is 2. The average Bonchev–Trinajstić information content (AvgIpc) is 2.97. The highest BCUT2D eigenvalue weighted by atomic mass is 35.5. The van der Waals surface area contributed by atoms with Crippen LogP contribution in [0.2, 0.25) is 5.02 Å². The number of rotatable bonds is 7. The number of imide groups is 1. The molecule has 0 aliphatic carbocycles. The SMILES string of the molecule is COc1ccccc1NC(=O)CN1C(=O)N/C(=C/c2ccc(OC(C)C)c(Cl)c2)C1=O. The molecule has 162 valence electrons. The van der Waals surface area contributed by atoms with Crippen LogP contribution in [-0.2, 0) is 9.59 Å². The third-order valence-corrected chi connectivity index (χ3v) is 4.57. The van der Waals surface area contributed by atoms with E-state index in [1.165, 1.54) is 13.2 Å². The van der Waals surface area contributed by atoms with Crippen molar-refractivity contribution < 1.29 is 23.9 Å². The van der Waals surface area contributed by atoms with Crippen LogP contribution >= 0.6 is 11.6 Å². The number of amides is 4. The van der Waals surface area contributed by atoms with E-state index in [4.69, 9.17) is 21.1 Å². The molecule has 0 unspecified atom stereocenters. The molecule has 0 radical (unpaired) electrons. The molecule has 0 aromatic heterocycles. The van der Waals surface area contributed by atoms with Gasteiger partial charge in [-0.3, -0.25) is 9.59 Å². The molecule has 3 rings (SSSR count). The lowest BCUT2D eigenvalue weighted by Gasteiger charge is -2.13. The molecule has 2 aromatic rings. The van der Waals surface area contributed by atoms with E-state index in [1.807, 2.05) is 13.8 Å². The van der Waals surface area contributed by atoms with Gasteiger partial charge in [-0.25, -0.2) is 9.69 Å². The number of nitrogens with one attached hydrogen (secondary N) is 2. The molecule has 31 heavy (non-hydrogen) atoms. The summed E-state index contributed by atoms with van der Waals surface area (Å²) >= 11 is 6.22. The highest BCUT2D eigenvalue weighted by Gasteiger charge is 2.35. The summed E-state index contributed by atoms with van der Waals surface area (Å²) in [7, 11) is 1.48. The van der Waals surface area contributed by atoms with Crippen molar-refractivity contribution in [3.63, 3.8) is 0 Å². The molecule has 1 fully saturated rings. The Kier molecular flexibility index (Phi) is 6.81. The van der Waals surface area contributed by atoms with Crippen LogP contribution in [0, 0.1) is 0 Å². The van der Waals surface area contributed by atoms with Crippen molar-refractivity contribution in [3.05, 3.63) is 58.7 Å². The second kappa shape index (κ2) is 9.53. The average molecular weight is 444 g/mol. The van der Waals surface area contributed by atoms with E-state index in [-0.39, 0.29) is 11.8 Å². The number of nitrogens with zero attached hydrogens (tertiary/aromatic N) is 1. The van der Waals surface area contributed by atoms with Crippen LogP contribution in [0.5, 0.6) is 11.5 Å². The highest BCUT2D eigenvalue weighted by Crippen LogP contribution is 2.28. The first kappa shape index (κ1) is 22.2. The summed E-state index contributed by atoms with van der Waals surface area (Å²) in [6, 6.07) is 11.2. The fourth-order valence-corrected chi connectivity index (χ4v) is 3.15. The van der Waals surface area contributed by atoms with Gasteiger partial charge >= 0.3 is 6.03 Å². The largest absolute Gasteiger partial charge is 0.495 e. The Hall–Kier alpha value is -3.52. The lowest BCUT2D eigenvalue weighted by Crippen LogP contribution is -2.38. The smallest absolute Gasteiger partial charge is 0.329 e. The van der Waals surface area contributed by atoms with E-state index in [9.17, 15) is 14.4 Å². The molecule has 1 saturated heterocycles. The van der Waals surface area contributed by atoms with Crippen molar-refractivity contribution in [2.24, 2.45) is 0 Å². The summed E-state index contributed by atoms with van der Waals surface area (Å²) < 4.78 is 10.8. The van der Waals surface area contributed by atoms with Crippen molar-refractivity contribution >= 4 is 41.2 Å². The standard InChI is InChI=1S/C22H22ClN3O5/c1-13(2)31-18-9-8-14(10-15(18)23)11-17-21(28)26(22(29)25-17)12-20(27)24-16-6-4-5-7-19(16)30-3/h4-11,13H,12H2,1-3H3,(H,24,27)(H,25,29)/b17-11+. The topological polar surface area (TPSA) is 97.0 Å². The number of hydrogen-bond acceptors (Lipinski definition) is 5. The van der Waals surface area contributed by atoms with Gasteiger partial charge in [0.1, 0.15) is 23.7 Å². The van der Waals surface area contributed by atoms with Gasteiger partial charge in [0.15, 0.2) is 0 Å². The predicted octanol–water partition coefficient (Wildman–Crippen LogP) is 3.67. The van der Waals surface area contributed by atoms with E-state index in [2.05, 4.69) is 10.6 Å². The minimum absolute atomic E-state index is 0.0343.